The smallest absolute Gasteiger partial charge is 0.235 e. The van der Waals surface area contributed by atoms with Crippen molar-refractivity contribution >= 4 is 12.7 Å². The van der Waals surface area contributed by atoms with E-state index in [1.54, 1.807) is 0 Å². The molecule has 3 heteroatoms. The van der Waals surface area contributed by atoms with Crippen molar-refractivity contribution in [3.63, 3.8) is 0 Å². The number of rotatable bonds is 5. The van der Waals surface area contributed by atoms with Crippen LogP contribution in [0.25, 0.3) is 0 Å². The molecule has 2 saturated carbocycles. The van der Waals surface area contributed by atoms with E-state index in [1.165, 1.54) is 25.7 Å². The van der Waals surface area contributed by atoms with E-state index >= 15 is 0 Å². The van der Waals surface area contributed by atoms with Gasteiger partial charge in [-0.2, -0.15) is 0 Å². The summed E-state index contributed by atoms with van der Waals surface area (Å²) in [5, 5.41) is 0.942. The summed E-state index contributed by atoms with van der Waals surface area (Å²) in [5.74, 6) is 1.81. The predicted molar refractivity (Wildman–Crippen MR) is 102 cm³/mol. The van der Waals surface area contributed by atoms with Gasteiger partial charge in [0.2, 0.25) is 7.37 Å². The van der Waals surface area contributed by atoms with Crippen LogP contribution in [0.1, 0.15) is 65.7 Å². The van der Waals surface area contributed by atoms with Gasteiger partial charge in [-0.3, -0.25) is 4.57 Å². The summed E-state index contributed by atoms with van der Waals surface area (Å²) in [5.41, 5.74) is 0.227. The van der Waals surface area contributed by atoms with Crippen LogP contribution in [0.4, 0.5) is 0 Å². The molecule has 2 fully saturated rings. The van der Waals surface area contributed by atoms with Gasteiger partial charge in [0.05, 0.1) is 6.10 Å². The fourth-order valence-corrected chi connectivity index (χ4v) is 7.67. The molecule has 4 atom stereocenters. The molecule has 2 aliphatic rings. The van der Waals surface area contributed by atoms with Gasteiger partial charge in [-0.25, -0.2) is 0 Å². The lowest BCUT2D eigenvalue weighted by atomic mass is 9.75. The first-order chi connectivity index (χ1) is 11.5. The van der Waals surface area contributed by atoms with Gasteiger partial charge in [0.1, 0.15) is 0 Å². The standard InChI is InChI=1S/C21H33O2P/c1-16(2)20-14-13-17(3)15-21(20)23-24(22,19-11-7-8-12-19)18-9-5-4-6-10-18/h4-6,9-10,16-17,19-21H,7-8,11-15H2,1-3H3. The van der Waals surface area contributed by atoms with Crippen molar-refractivity contribution < 1.29 is 9.09 Å². The van der Waals surface area contributed by atoms with Crippen LogP contribution in [-0.2, 0) is 9.09 Å². The van der Waals surface area contributed by atoms with Gasteiger partial charge < -0.3 is 4.52 Å². The van der Waals surface area contributed by atoms with E-state index in [2.05, 4.69) is 20.8 Å². The van der Waals surface area contributed by atoms with E-state index in [9.17, 15) is 4.57 Å². The van der Waals surface area contributed by atoms with Crippen LogP contribution in [0.5, 0.6) is 0 Å². The quantitative estimate of drug-likeness (QED) is 0.609. The molecule has 0 N–H and O–H groups in total. The summed E-state index contributed by atoms with van der Waals surface area (Å²) < 4.78 is 20.8. The van der Waals surface area contributed by atoms with E-state index in [-0.39, 0.29) is 11.8 Å². The highest BCUT2D eigenvalue weighted by Gasteiger charge is 2.43. The zero-order valence-corrected chi connectivity index (χ0v) is 16.4. The predicted octanol–water partition coefficient (Wildman–Crippen LogP) is 6.01. The van der Waals surface area contributed by atoms with Crippen LogP contribution in [0, 0.1) is 17.8 Å². The number of hydrogen-bond acceptors (Lipinski definition) is 2. The summed E-state index contributed by atoms with van der Waals surface area (Å²) in [6.07, 6.45) is 8.21. The van der Waals surface area contributed by atoms with Crippen LogP contribution in [0.15, 0.2) is 30.3 Å². The molecule has 0 aliphatic heterocycles. The van der Waals surface area contributed by atoms with Gasteiger partial charge in [0.25, 0.3) is 0 Å². The third-order valence-electron chi connectivity index (χ3n) is 6.17. The first-order valence-corrected chi connectivity index (χ1v) is 11.5. The molecule has 2 aliphatic carbocycles. The maximum Gasteiger partial charge on any atom is 0.235 e. The molecular weight excluding hydrogens is 315 g/mol. The van der Waals surface area contributed by atoms with Crippen LogP contribution in [-0.4, -0.2) is 11.8 Å². The topological polar surface area (TPSA) is 26.3 Å². The lowest BCUT2D eigenvalue weighted by molar-refractivity contribution is 0.0486. The monoisotopic (exact) mass is 348 g/mol. The summed E-state index contributed by atoms with van der Waals surface area (Å²) in [4.78, 5) is 0. The zero-order valence-electron chi connectivity index (χ0n) is 15.5. The third-order valence-corrected chi connectivity index (χ3v) is 9.25. The zero-order chi connectivity index (χ0) is 17.2. The highest BCUT2D eigenvalue weighted by molar-refractivity contribution is 7.67. The summed E-state index contributed by atoms with van der Waals surface area (Å²) in [7, 11) is -2.79. The highest BCUT2D eigenvalue weighted by atomic mass is 31.2. The van der Waals surface area contributed by atoms with Crippen molar-refractivity contribution in [2.45, 2.75) is 77.5 Å². The average Bonchev–Trinajstić information content (AvgIpc) is 3.10. The summed E-state index contributed by atoms with van der Waals surface area (Å²) >= 11 is 0. The van der Waals surface area contributed by atoms with E-state index in [0.717, 1.165) is 24.6 Å². The minimum Gasteiger partial charge on any atom is -0.321 e. The van der Waals surface area contributed by atoms with Crippen LogP contribution >= 0.6 is 7.37 Å². The van der Waals surface area contributed by atoms with E-state index in [0.29, 0.717) is 17.8 Å². The normalized spacial score (nSPS) is 31.2. The number of hydrogen-bond donors (Lipinski definition) is 0. The molecule has 0 amide bonds. The Balaban J connectivity index is 1.89. The van der Waals surface area contributed by atoms with Crippen molar-refractivity contribution in [1.82, 2.24) is 0 Å². The Morgan fingerprint density at radius 2 is 1.71 bits per heavy atom. The van der Waals surface area contributed by atoms with Gasteiger partial charge in [0, 0.05) is 11.0 Å². The molecular formula is C21H33O2P. The van der Waals surface area contributed by atoms with Gasteiger partial charge in [-0.1, -0.05) is 58.2 Å². The fraction of sp³-hybridized carbons (Fsp3) is 0.714. The van der Waals surface area contributed by atoms with Crippen molar-refractivity contribution in [2.24, 2.45) is 17.8 Å². The van der Waals surface area contributed by atoms with Crippen LogP contribution < -0.4 is 5.30 Å². The molecule has 0 spiro atoms. The SMILES string of the molecule is CC1CCC(C(C)C)C(OP(=O)(c2ccccc2)C2CCCC2)C1. The lowest BCUT2D eigenvalue weighted by Crippen LogP contribution is -2.35. The minimum absolute atomic E-state index is 0.153. The molecule has 0 radical (unpaired) electrons. The van der Waals surface area contributed by atoms with Crippen molar-refractivity contribution in [2.75, 3.05) is 0 Å². The second-order valence-electron chi connectivity index (χ2n) is 8.34. The summed E-state index contributed by atoms with van der Waals surface area (Å²) in [6.45, 7) is 6.90. The third kappa shape index (κ3) is 3.81. The van der Waals surface area contributed by atoms with Crippen molar-refractivity contribution in [1.29, 1.82) is 0 Å². The Hall–Kier alpha value is -0.590. The highest BCUT2D eigenvalue weighted by Crippen LogP contribution is 2.59. The first kappa shape index (κ1) is 18.2. The van der Waals surface area contributed by atoms with Crippen molar-refractivity contribution in [3.8, 4) is 0 Å². The summed E-state index contributed by atoms with van der Waals surface area (Å²) in [6, 6.07) is 10.1. The van der Waals surface area contributed by atoms with Gasteiger partial charge in [-0.15, -0.1) is 0 Å². The first-order valence-electron chi connectivity index (χ1n) is 9.84. The molecule has 0 bridgehead atoms. The fourth-order valence-electron chi connectivity index (χ4n) is 4.67. The Kier molecular flexibility index (Phi) is 5.88. The molecule has 0 saturated heterocycles. The minimum atomic E-state index is -2.79. The average molecular weight is 348 g/mol. The maximum atomic E-state index is 14.1. The molecule has 2 nitrogen and oxygen atoms in total. The largest absolute Gasteiger partial charge is 0.321 e. The Morgan fingerprint density at radius 1 is 1.04 bits per heavy atom. The lowest BCUT2D eigenvalue weighted by Gasteiger charge is -2.40. The van der Waals surface area contributed by atoms with Gasteiger partial charge in [-0.05, 0) is 55.6 Å². The second-order valence-corrected chi connectivity index (χ2v) is 11.0. The van der Waals surface area contributed by atoms with Gasteiger partial charge in [0.15, 0.2) is 0 Å². The molecule has 0 heterocycles. The Bertz CT molecular complexity index is 562. The Morgan fingerprint density at radius 3 is 2.33 bits per heavy atom. The molecule has 134 valence electrons. The molecule has 4 unspecified atom stereocenters. The number of benzene rings is 1. The van der Waals surface area contributed by atoms with Crippen LogP contribution in [0.2, 0.25) is 0 Å². The van der Waals surface area contributed by atoms with Crippen molar-refractivity contribution in [3.05, 3.63) is 30.3 Å². The van der Waals surface area contributed by atoms with Crippen LogP contribution in [0.3, 0.4) is 0 Å². The van der Waals surface area contributed by atoms with Gasteiger partial charge >= 0.3 is 0 Å². The maximum absolute atomic E-state index is 14.1. The molecule has 3 rings (SSSR count). The Labute approximate surface area is 147 Å². The second kappa shape index (κ2) is 7.75. The van der Waals surface area contributed by atoms with E-state index < -0.39 is 7.37 Å². The molecule has 1 aromatic rings. The molecule has 0 aromatic heterocycles. The van der Waals surface area contributed by atoms with E-state index in [4.69, 9.17) is 4.52 Å². The molecule has 24 heavy (non-hydrogen) atoms. The molecule has 1 aromatic carbocycles. The van der Waals surface area contributed by atoms with E-state index in [1.807, 2.05) is 30.3 Å².